The van der Waals surface area contributed by atoms with Crippen LogP contribution < -0.4 is 15.4 Å². The second-order valence-electron chi connectivity index (χ2n) is 7.40. The van der Waals surface area contributed by atoms with Gasteiger partial charge in [-0.05, 0) is 31.0 Å². The summed E-state index contributed by atoms with van der Waals surface area (Å²) in [5.74, 6) is 1.43. The predicted octanol–water partition coefficient (Wildman–Crippen LogP) is 2.02. The Morgan fingerprint density at radius 3 is 2.64 bits per heavy atom. The molecule has 7 heteroatoms. The summed E-state index contributed by atoms with van der Waals surface area (Å²) >= 11 is 0. The van der Waals surface area contributed by atoms with Gasteiger partial charge in [-0.3, -0.25) is 4.79 Å². The largest absolute Gasteiger partial charge is 0.497 e. The Morgan fingerprint density at radius 2 is 2.00 bits per heavy atom. The molecule has 0 saturated heterocycles. The van der Waals surface area contributed by atoms with Crippen LogP contribution in [0.3, 0.4) is 0 Å². The monoisotopic (exact) mass is 392 g/mol. The third-order valence-electron chi connectivity index (χ3n) is 4.38. The molecule has 0 heterocycles. The molecule has 0 bridgehead atoms. The smallest absolute Gasteiger partial charge is 0.243 e. The fourth-order valence-electron chi connectivity index (χ4n) is 2.44. The summed E-state index contributed by atoms with van der Waals surface area (Å²) < 4.78 is 10.7. The number of guanidine groups is 1. The van der Waals surface area contributed by atoms with Gasteiger partial charge in [0.25, 0.3) is 0 Å². The van der Waals surface area contributed by atoms with Crippen LogP contribution in [0.5, 0.6) is 5.75 Å². The van der Waals surface area contributed by atoms with E-state index in [2.05, 4.69) is 35.5 Å². The zero-order valence-electron chi connectivity index (χ0n) is 18.2. The van der Waals surface area contributed by atoms with Crippen molar-refractivity contribution in [3.05, 3.63) is 29.8 Å². The molecule has 0 saturated carbocycles. The number of nitrogens with one attached hydrogen (secondary N) is 2. The van der Waals surface area contributed by atoms with Crippen LogP contribution in [0.25, 0.3) is 0 Å². The van der Waals surface area contributed by atoms with Crippen LogP contribution in [0.4, 0.5) is 0 Å². The number of hydrogen-bond donors (Lipinski definition) is 2. The molecule has 0 fully saturated rings. The van der Waals surface area contributed by atoms with Crippen molar-refractivity contribution in [1.29, 1.82) is 0 Å². The maximum absolute atomic E-state index is 11.9. The number of nitrogens with zero attached hydrogens (tertiary/aromatic N) is 2. The van der Waals surface area contributed by atoms with Gasteiger partial charge in [0, 0.05) is 45.8 Å². The molecule has 28 heavy (non-hydrogen) atoms. The summed E-state index contributed by atoms with van der Waals surface area (Å²) in [7, 11) is 5.13. The van der Waals surface area contributed by atoms with Gasteiger partial charge in [0.05, 0.1) is 7.11 Å². The average Bonchev–Trinajstić information content (AvgIpc) is 2.68. The van der Waals surface area contributed by atoms with Gasteiger partial charge in [-0.15, -0.1) is 0 Å². The summed E-state index contributed by atoms with van der Waals surface area (Å²) in [6.45, 7) is 9.20. The lowest BCUT2D eigenvalue weighted by Gasteiger charge is -2.27. The van der Waals surface area contributed by atoms with E-state index in [1.807, 2.05) is 25.1 Å². The van der Waals surface area contributed by atoms with Gasteiger partial charge >= 0.3 is 0 Å². The number of likely N-dealkylation sites (N-methyl/N-ethyl adjacent to an activating group) is 1. The van der Waals surface area contributed by atoms with Gasteiger partial charge in [-0.25, -0.2) is 4.99 Å². The maximum Gasteiger partial charge on any atom is 0.243 e. The van der Waals surface area contributed by atoms with Crippen molar-refractivity contribution in [3.63, 3.8) is 0 Å². The molecule has 1 aromatic rings. The maximum atomic E-state index is 11.9. The van der Waals surface area contributed by atoms with E-state index < -0.39 is 0 Å². The number of aliphatic imine (C=N–C) groups is 1. The van der Waals surface area contributed by atoms with E-state index in [0.29, 0.717) is 25.7 Å². The third kappa shape index (κ3) is 8.61. The van der Waals surface area contributed by atoms with Crippen LogP contribution in [0.2, 0.25) is 0 Å². The highest BCUT2D eigenvalue weighted by atomic mass is 16.5. The van der Waals surface area contributed by atoms with Crippen LogP contribution in [-0.2, 0) is 14.9 Å². The fraction of sp³-hybridized carbons (Fsp3) is 0.619. The molecular formula is C21H36N4O3. The molecule has 1 amide bonds. The molecule has 0 radical (unpaired) electrons. The van der Waals surface area contributed by atoms with Crippen molar-refractivity contribution in [2.24, 2.45) is 4.99 Å². The van der Waals surface area contributed by atoms with Crippen LogP contribution >= 0.6 is 0 Å². The quantitative estimate of drug-likeness (QED) is 0.342. The van der Waals surface area contributed by atoms with Crippen molar-refractivity contribution in [2.75, 3.05) is 54.1 Å². The zero-order chi connectivity index (χ0) is 21.0. The second-order valence-corrected chi connectivity index (χ2v) is 7.40. The van der Waals surface area contributed by atoms with E-state index >= 15 is 0 Å². The minimum absolute atomic E-state index is 0.0394. The first-order chi connectivity index (χ1) is 13.3. The molecule has 0 aliphatic carbocycles. The van der Waals surface area contributed by atoms with E-state index in [-0.39, 0.29) is 17.9 Å². The molecule has 7 nitrogen and oxygen atoms in total. The fourth-order valence-corrected chi connectivity index (χ4v) is 2.44. The minimum Gasteiger partial charge on any atom is -0.497 e. The second kappa shape index (κ2) is 12.2. The first kappa shape index (κ1) is 23.8. The Hall–Kier alpha value is -2.28. The lowest BCUT2D eigenvalue weighted by Crippen LogP contribution is -2.44. The Labute approximate surface area is 169 Å². The molecule has 0 spiro atoms. The number of methoxy groups -OCH3 is 1. The predicted molar refractivity (Wildman–Crippen MR) is 114 cm³/mol. The molecule has 158 valence electrons. The van der Waals surface area contributed by atoms with Crippen molar-refractivity contribution in [3.8, 4) is 5.75 Å². The molecule has 0 aliphatic heterocycles. The van der Waals surface area contributed by atoms with Gasteiger partial charge in [0.2, 0.25) is 5.91 Å². The Bertz CT molecular complexity index is 630. The number of hydrogen-bond acceptors (Lipinski definition) is 4. The lowest BCUT2D eigenvalue weighted by atomic mass is 9.84. The van der Waals surface area contributed by atoms with Crippen molar-refractivity contribution >= 4 is 11.9 Å². The Balaban J connectivity index is 2.74. The number of benzene rings is 1. The van der Waals surface area contributed by atoms with Gasteiger partial charge in [0.15, 0.2) is 5.96 Å². The van der Waals surface area contributed by atoms with Gasteiger partial charge in [-0.2, -0.15) is 0 Å². The summed E-state index contributed by atoms with van der Waals surface area (Å²) in [4.78, 5) is 17.9. The van der Waals surface area contributed by atoms with Crippen LogP contribution in [0.1, 0.15) is 32.8 Å². The summed E-state index contributed by atoms with van der Waals surface area (Å²) in [6.07, 6.45) is 0.870. The number of carbonyl (C=O) groups is 1. The topological polar surface area (TPSA) is 75.2 Å². The van der Waals surface area contributed by atoms with Crippen molar-refractivity contribution in [2.45, 2.75) is 32.6 Å². The normalized spacial score (nSPS) is 11.9. The van der Waals surface area contributed by atoms with Gasteiger partial charge in [0.1, 0.15) is 12.3 Å². The standard InChI is InChI=1S/C21H36N4O3/c1-7-28-13-9-12-22-20(23-15-19(26)25(4)5)24-16-21(2,3)17-10-8-11-18(14-17)27-6/h8,10-11,14H,7,9,12-13,15-16H2,1-6H3,(H2,22,23,24). The molecular weight excluding hydrogens is 356 g/mol. The molecule has 0 aliphatic rings. The van der Waals surface area contributed by atoms with E-state index in [1.54, 1.807) is 21.2 Å². The van der Waals surface area contributed by atoms with E-state index in [1.165, 1.54) is 10.5 Å². The lowest BCUT2D eigenvalue weighted by molar-refractivity contribution is -0.127. The van der Waals surface area contributed by atoms with E-state index in [4.69, 9.17) is 9.47 Å². The van der Waals surface area contributed by atoms with Crippen LogP contribution in [0.15, 0.2) is 29.3 Å². The van der Waals surface area contributed by atoms with Crippen LogP contribution in [-0.4, -0.2) is 70.8 Å². The SMILES string of the molecule is CCOCCCNC(=NCC(=O)N(C)C)NCC(C)(C)c1cccc(OC)c1. The highest BCUT2D eigenvalue weighted by Crippen LogP contribution is 2.25. The first-order valence-corrected chi connectivity index (χ1v) is 9.74. The average molecular weight is 393 g/mol. The van der Waals surface area contributed by atoms with E-state index in [0.717, 1.165) is 18.7 Å². The van der Waals surface area contributed by atoms with Gasteiger partial charge < -0.3 is 25.0 Å². The van der Waals surface area contributed by atoms with E-state index in [9.17, 15) is 4.79 Å². The Morgan fingerprint density at radius 1 is 1.25 bits per heavy atom. The Kier molecular flexibility index (Phi) is 10.4. The summed E-state index contributed by atoms with van der Waals surface area (Å²) in [6, 6.07) is 8.06. The molecule has 1 aromatic carbocycles. The summed E-state index contributed by atoms with van der Waals surface area (Å²) in [5.41, 5.74) is 1.02. The molecule has 0 atom stereocenters. The van der Waals surface area contributed by atoms with Crippen molar-refractivity contribution < 1.29 is 14.3 Å². The minimum atomic E-state index is -0.145. The van der Waals surface area contributed by atoms with Gasteiger partial charge in [-0.1, -0.05) is 26.0 Å². The third-order valence-corrected chi connectivity index (χ3v) is 4.38. The number of ether oxygens (including phenoxy) is 2. The highest BCUT2D eigenvalue weighted by Gasteiger charge is 2.21. The molecule has 1 rings (SSSR count). The summed E-state index contributed by atoms with van der Waals surface area (Å²) in [5, 5.41) is 6.65. The number of rotatable bonds is 11. The van der Waals surface area contributed by atoms with Crippen LogP contribution in [0, 0.1) is 0 Å². The number of amides is 1. The first-order valence-electron chi connectivity index (χ1n) is 9.74. The molecule has 2 N–H and O–H groups in total. The number of carbonyl (C=O) groups excluding carboxylic acids is 1. The highest BCUT2D eigenvalue weighted by molar-refractivity contribution is 5.84. The molecule has 0 aromatic heterocycles. The van der Waals surface area contributed by atoms with Crippen molar-refractivity contribution in [1.82, 2.24) is 15.5 Å². The molecule has 0 unspecified atom stereocenters. The zero-order valence-corrected chi connectivity index (χ0v) is 18.2.